The maximum atomic E-state index is 12.5. The lowest BCUT2D eigenvalue weighted by Gasteiger charge is -2.30. The molecule has 1 aromatic rings. The van der Waals surface area contributed by atoms with Gasteiger partial charge >= 0.3 is 6.18 Å². The highest BCUT2D eigenvalue weighted by Gasteiger charge is 2.32. The molecular formula is C14H20F3N. The molecule has 0 saturated heterocycles. The number of hydrogen-bond donors (Lipinski definition) is 0. The van der Waals surface area contributed by atoms with Crippen molar-refractivity contribution in [2.45, 2.75) is 39.4 Å². The van der Waals surface area contributed by atoms with Crippen LogP contribution in [0.1, 0.15) is 43.4 Å². The molecule has 0 spiro atoms. The molecule has 1 atom stereocenters. The fourth-order valence-corrected chi connectivity index (χ4v) is 2.32. The van der Waals surface area contributed by atoms with Gasteiger partial charge in [-0.15, -0.1) is 0 Å². The summed E-state index contributed by atoms with van der Waals surface area (Å²) >= 11 is 0. The van der Waals surface area contributed by atoms with Crippen molar-refractivity contribution in [2.24, 2.45) is 0 Å². The van der Waals surface area contributed by atoms with Crippen LogP contribution in [-0.2, 0) is 12.7 Å². The summed E-state index contributed by atoms with van der Waals surface area (Å²) in [5, 5.41) is 0. The molecule has 1 aliphatic rings. The molecule has 0 fully saturated rings. The second kappa shape index (κ2) is 5.74. The third-order valence-corrected chi connectivity index (χ3v) is 3.03. The maximum Gasteiger partial charge on any atom is 0.416 e. The van der Waals surface area contributed by atoms with Gasteiger partial charge in [0.15, 0.2) is 0 Å². The molecule has 0 amide bonds. The first kappa shape index (κ1) is 15.0. The summed E-state index contributed by atoms with van der Waals surface area (Å²) in [4.78, 5) is 2.05. The lowest BCUT2D eigenvalue weighted by Crippen LogP contribution is -2.29. The minimum Gasteiger partial charge on any atom is -0.302 e. The topological polar surface area (TPSA) is 3.24 Å². The maximum absolute atomic E-state index is 12.5. The number of hydrogen-bond acceptors (Lipinski definition) is 1. The quantitative estimate of drug-likeness (QED) is 0.672. The molecular weight excluding hydrogens is 239 g/mol. The number of halogens is 3. The molecule has 0 saturated carbocycles. The Bertz CT molecular complexity index is 399. The van der Waals surface area contributed by atoms with E-state index in [1.54, 1.807) is 6.07 Å². The summed E-state index contributed by atoms with van der Waals surface area (Å²) in [5.41, 5.74) is 1.30. The first-order valence-corrected chi connectivity index (χ1v) is 6.26. The lowest BCUT2D eigenvalue weighted by atomic mass is 9.90. The highest BCUT2D eigenvalue weighted by Crippen LogP contribution is 2.34. The fraction of sp³-hybridized carbons (Fsp3) is 0.571. The van der Waals surface area contributed by atoms with Crippen molar-refractivity contribution < 1.29 is 13.2 Å². The Balaban J connectivity index is 0.000000771. The molecule has 0 bridgehead atoms. The van der Waals surface area contributed by atoms with Gasteiger partial charge in [0, 0.05) is 13.1 Å². The summed E-state index contributed by atoms with van der Waals surface area (Å²) < 4.78 is 37.6. The van der Waals surface area contributed by atoms with E-state index in [4.69, 9.17) is 0 Å². The summed E-state index contributed by atoms with van der Waals surface area (Å²) in [6.45, 7) is 7.55. The van der Waals surface area contributed by atoms with Crippen LogP contribution in [0.4, 0.5) is 13.2 Å². The second-order valence-corrected chi connectivity index (χ2v) is 4.51. The summed E-state index contributed by atoms with van der Waals surface area (Å²) in [6, 6.07) is 4.08. The Kier molecular flexibility index (Phi) is 4.79. The van der Waals surface area contributed by atoms with Crippen LogP contribution >= 0.6 is 0 Å². The monoisotopic (exact) mass is 259 g/mol. The molecule has 102 valence electrons. The van der Waals surface area contributed by atoms with E-state index >= 15 is 0 Å². The minimum absolute atomic E-state index is 0.302. The van der Waals surface area contributed by atoms with Crippen LogP contribution in [0, 0.1) is 0 Å². The predicted octanol–water partition coefficient (Wildman–Crippen LogP) is 4.28. The van der Waals surface area contributed by atoms with Crippen molar-refractivity contribution in [1.29, 1.82) is 0 Å². The molecule has 1 nitrogen and oxygen atoms in total. The van der Waals surface area contributed by atoms with Gasteiger partial charge in [0.1, 0.15) is 0 Å². The highest BCUT2D eigenvalue weighted by atomic mass is 19.4. The second-order valence-electron chi connectivity index (χ2n) is 4.51. The average Bonchev–Trinajstić information content (AvgIpc) is 2.29. The molecule has 1 aromatic carbocycles. The molecule has 4 heteroatoms. The highest BCUT2D eigenvalue weighted by molar-refractivity contribution is 5.37. The Hall–Kier alpha value is -1.03. The standard InChI is InChI=1S/C12H14F3N.C2H6/c1-8-6-16(2)7-9-5-10(12(13,14)15)3-4-11(8)9;1-2/h3-5,8H,6-7H2,1-2H3;1-2H3. The van der Waals surface area contributed by atoms with Gasteiger partial charge in [0.05, 0.1) is 5.56 Å². The number of fused-ring (bicyclic) bond motifs is 1. The van der Waals surface area contributed by atoms with Crippen LogP contribution < -0.4 is 0 Å². The van der Waals surface area contributed by atoms with E-state index in [-0.39, 0.29) is 0 Å². The minimum atomic E-state index is -4.24. The first-order chi connectivity index (χ1) is 8.38. The van der Waals surface area contributed by atoms with Crippen molar-refractivity contribution in [3.05, 3.63) is 34.9 Å². The molecule has 1 unspecified atom stereocenters. The van der Waals surface area contributed by atoms with Gasteiger partial charge < -0.3 is 4.90 Å². The third-order valence-electron chi connectivity index (χ3n) is 3.03. The third kappa shape index (κ3) is 3.25. The molecule has 0 aromatic heterocycles. The SMILES string of the molecule is CC.CC1CN(C)Cc2cc(C(F)(F)F)ccc21. The number of likely N-dealkylation sites (N-methyl/N-ethyl adjacent to an activating group) is 1. The van der Waals surface area contributed by atoms with E-state index in [1.165, 1.54) is 12.1 Å². The van der Waals surface area contributed by atoms with Gasteiger partial charge in [-0.25, -0.2) is 0 Å². The fourth-order valence-electron chi connectivity index (χ4n) is 2.32. The van der Waals surface area contributed by atoms with Crippen LogP contribution in [0.15, 0.2) is 18.2 Å². The van der Waals surface area contributed by atoms with Gasteiger partial charge in [-0.3, -0.25) is 0 Å². The average molecular weight is 259 g/mol. The van der Waals surface area contributed by atoms with Gasteiger partial charge in [0.25, 0.3) is 0 Å². The molecule has 0 radical (unpaired) electrons. The van der Waals surface area contributed by atoms with E-state index in [0.29, 0.717) is 12.5 Å². The van der Waals surface area contributed by atoms with Gasteiger partial charge in [-0.2, -0.15) is 13.2 Å². The zero-order valence-electron chi connectivity index (χ0n) is 11.3. The van der Waals surface area contributed by atoms with E-state index in [1.807, 2.05) is 32.7 Å². The van der Waals surface area contributed by atoms with Crippen LogP contribution in [0.3, 0.4) is 0 Å². The molecule has 2 rings (SSSR count). The van der Waals surface area contributed by atoms with Gasteiger partial charge in [-0.1, -0.05) is 26.8 Å². The number of benzene rings is 1. The molecule has 18 heavy (non-hydrogen) atoms. The van der Waals surface area contributed by atoms with Crippen LogP contribution in [0.5, 0.6) is 0 Å². The Labute approximate surface area is 107 Å². The first-order valence-electron chi connectivity index (χ1n) is 6.26. The predicted molar refractivity (Wildman–Crippen MR) is 67.5 cm³/mol. The number of rotatable bonds is 0. The lowest BCUT2D eigenvalue weighted by molar-refractivity contribution is -0.137. The summed E-state index contributed by atoms with van der Waals surface area (Å²) in [5.74, 6) is 0.302. The largest absolute Gasteiger partial charge is 0.416 e. The van der Waals surface area contributed by atoms with Gasteiger partial charge in [-0.05, 0) is 36.2 Å². The van der Waals surface area contributed by atoms with E-state index < -0.39 is 11.7 Å². The molecule has 1 heterocycles. The zero-order chi connectivity index (χ0) is 13.9. The zero-order valence-corrected chi connectivity index (χ0v) is 11.3. The van der Waals surface area contributed by atoms with Crippen molar-refractivity contribution in [3.8, 4) is 0 Å². The molecule has 0 aliphatic carbocycles. The summed E-state index contributed by atoms with van der Waals surface area (Å²) in [6.07, 6.45) is -4.24. The van der Waals surface area contributed by atoms with Gasteiger partial charge in [0.2, 0.25) is 0 Å². The van der Waals surface area contributed by atoms with Crippen LogP contribution in [0.2, 0.25) is 0 Å². The molecule has 1 aliphatic heterocycles. The van der Waals surface area contributed by atoms with Crippen molar-refractivity contribution in [2.75, 3.05) is 13.6 Å². The summed E-state index contributed by atoms with van der Waals surface area (Å²) in [7, 11) is 1.93. The Morgan fingerprint density at radius 3 is 2.39 bits per heavy atom. The number of nitrogens with zero attached hydrogens (tertiary/aromatic N) is 1. The molecule has 0 N–H and O–H groups in total. The van der Waals surface area contributed by atoms with E-state index in [0.717, 1.165) is 17.7 Å². The van der Waals surface area contributed by atoms with Crippen LogP contribution in [-0.4, -0.2) is 18.5 Å². The Morgan fingerprint density at radius 1 is 1.22 bits per heavy atom. The van der Waals surface area contributed by atoms with E-state index in [9.17, 15) is 13.2 Å². The smallest absolute Gasteiger partial charge is 0.302 e. The van der Waals surface area contributed by atoms with E-state index in [2.05, 4.69) is 0 Å². The van der Waals surface area contributed by atoms with Crippen molar-refractivity contribution in [1.82, 2.24) is 4.90 Å². The number of alkyl halides is 3. The van der Waals surface area contributed by atoms with Crippen molar-refractivity contribution in [3.63, 3.8) is 0 Å². The van der Waals surface area contributed by atoms with Crippen molar-refractivity contribution >= 4 is 0 Å². The Morgan fingerprint density at radius 2 is 1.83 bits per heavy atom. The van der Waals surface area contributed by atoms with Crippen LogP contribution in [0.25, 0.3) is 0 Å². The normalized spacial score (nSPS) is 19.8.